The van der Waals surface area contributed by atoms with Crippen molar-refractivity contribution in [2.75, 3.05) is 31.6 Å². The van der Waals surface area contributed by atoms with E-state index in [1.165, 1.54) is 29.2 Å². The van der Waals surface area contributed by atoms with Gasteiger partial charge in [-0.25, -0.2) is 9.18 Å². The molecule has 1 aliphatic rings. The molecule has 4 nitrogen and oxygen atoms in total. The van der Waals surface area contributed by atoms with Crippen LogP contribution in [0.2, 0.25) is 0 Å². The molecule has 1 atom stereocenters. The standard InChI is InChI=1S/C21H23F4N3O/c1-27(13-15-2-4-17(5-3-15)21(23,24)25)20(29)26-12-16-10-11-28(14-16)19-8-6-18(22)7-9-19/h2-9,16H,10-14H2,1H3,(H,26,29). The predicted octanol–water partition coefficient (Wildman–Crippen LogP) is 4.51. The third-order valence-corrected chi connectivity index (χ3v) is 5.07. The van der Waals surface area contributed by atoms with Gasteiger partial charge in [0, 0.05) is 38.9 Å². The highest BCUT2D eigenvalue weighted by atomic mass is 19.4. The van der Waals surface area contributed by atoms with Gasteiger partial charge in [0.15, 0.2) is 0 Å². The smallest absolute Gasteiger partial charge is 0.371 e. The Hall–Kier alpha value is -2.77. The molecule has 0 saturated carbocycles. The number of amides is 2. The molecule has 0 aromatic heterocycles. The van der Waals surface area contributed by atoms with Gasteiger partial charge in [-0.15, -0.1) is 0 Å². The number of urea groups is 1. The lowest BCUT2D eigenvalue weighted by molar-refractivity contribution is -0.137. The summed E-state index contributed by atoms with van der Waals surface area (Å²) in [5.41, 5.74) is 0.874. The average Bonchev–Trinajstić information content (AvgIpc) is 3.15. The van der Waals surface area contributed by atoms with Crippen LogP contribution in [-0.2, 0) is 12.7 Å². The molecule has 2 aromatic rings. The maximum atomic E-state index is 13.0. The Labute approximate surface area is 167 Å². The van der Waals surface area contributed by atoms with Crippen LogP contribution in [0.1, 0.15) is 17.5 Å². The summed E-state index contributed by atoms with van der Waals surface area (Å²) < 4.78 is 50.9. The van der Waals surface area contributed by atoms with Crippen molar-refractivity contribution in [1.29, 1.82) is 0 Å². The fourth-order valence-electron chi connectivity index (χ4n) is 3.40. The quantitative estimate of drug-likeness (QED) is 0.738. The topological polar surface area (TPSA) is 35.6 Å². The van der Waals surface area contributed by atoms with Crippen LogP contribution in [0.3, 0.4) is 0 Å². The largest absolute Gasteiger partial charge is 0.416 e. The summed E-state index contributed by atoms with van der Waals surface area (Å²) >= 11 is 0. The third kappa shape index (κ3) is 5.62. The molecule has 1 N–H and O–H groups in total. The van der Waals surface area contributed by atoms with Gasteiger partial charge in [0.05, 0.1) is 5.56 Å². The van der Waals surface area contributed by atoms with Crippen LogP contribution in [0.25, 0.3) is 0 Å². The number of alkyl halides is 3. The number of carbonyl (C=O) groups is 1. The molecule has 1 heterocycles. The van der Waals surface area contributed by atoms with Gasteiger partial charge in [-0.2, -0.15) is 13.2 Å². The molecule has 0 spiro atoms. The number of carbonyl (C=O) groups excluding carboxylic acids is 1. The third-order valence-electron chi connectivity index (χ3n) is 5.07. The summed E-state index contributed by atoms with van der Waals surface area (Å²) in [4.78, 5) is 15.9. The van der Waals surface area contributed by atoms with Crippen molar-refractivity contribution in [3.8, 4) is 0 Å². The zero-order valence-corrected chi connectivity index (χ0v) is 16.0. The van der Waals surface area contributed by atoms with Crippen LogP contribution in [0.15, 0.2) is 48.5 Å². The monoisotopic (exact) mass is 409 g/mol. The van der Waals surface area contributed by atoms with Crippen LogP contribution >= 0.6 is 0 Å². The van der Waals surface area contributed by atoms with E-state index in [9.17, 15) is 22.4 Å². The SMILES string of the molecule is CN(Cc1ccc(C(F)(F)F)cc1)C(=O)NCC1CCN(c2ccc(F)cc2)C1. The Morgan fingerprint density at radius 3 is 2.41 bits per heavy atom. The number of hydrogen-bond donors (Lipinski definition) is 1. The van der Waals surface area contributed by atoms with Crippen molar-refractivity contribution in [3.63, 3.8) is 0 Å². The number of anilines is 1. The Bertz CT molecular complexity index is 821. The lowest BCUT2D eigenvalue weighted by atomic mass is 10.1. The fraction of sp³-hybridized carbons (Fsp3) is 0.381. The van der Waals surface area contributed by atoms with Crippen molar-refractivity contribution in [3.05, 3.63) is 65.5 Å². The number of nitrogens with one attached hydrogen (secondary N) is 1. The van der Waals surface area contributed by atoms with Gasteiger partial charge in [-0.3, -0.25) is 0 Å². The lowest BCUT2D eigenvalue weighted by Crippen LogP contribution is -2.39. The van der Waals surface area contributed by atoms with Crippen LogP contribution < -0.4 is 10.2 Å². The van der Waals surface area contributed by atoms with Crippen LogP contribution in [0, 0.1) is 11.7 Å². The summed E-state index contributed by atoms with van der Waals surface area (Å²) in [6.07, 6.45) is -3.45. The summed E-state index contributed by atoms with van der Waals surface area (Å²) in [5, 5.41) is 2.88. The first-order valence-electron chi connectivity index (χ1n) is 9.38. The van der Waals surface area contributed by atoms with Crippen LogP contribution in [-0.4, -0.2) is 37.6 Å². The van der Waals surface area contributed by atoms with Crippen molar-refractivity contribution in [2.24, 2.45) is 5.92 Å². The number of halogens is 4. The van der Waals surface area contributed by atoms with Crippen molar-refractivity contribution in [1.82, 2.24) is 10.2 Å². The second-order valence-corrected chi connectivity index (χ2v) is 7.31. The maximum absolute atomic E-state index is 13.0. The normalized spacial score (nSPS) is 16.7. The number of rotatable bonds is 5. The van der Waals surface area contributed by atoms with Gasteiger partial charge in [-0.1, -0.05) is 12.1 Å². The van der Waals surface area contributed by atoms with Gasteiger partial charge in [0.1, 0.15) is 5.82 Å². The van der Waals surface area contributed by atoms with Gasteiger partial charge in [-0.05, 0) is 54.3 Å². The minimum absolute atomic E-state index is 0.219. The van der Waals surface area contributed by atoms with Crippen molar-refractivity contribution < 1.29 is 22.4 Å². The van der Waals surface area contributed by atoms with Crippen LogP contribution in [0.4, 0.5) is 28.0 Å². The van der Waals surface area contributed by atoms with E-state index in [1.54, 1.807) is 19.2 Å². The molecule has 0 aliphatic carbocycles. The molecule has 29 heavy (non-hydrogen) atoms. The van der Waals surface area contributed by atoms with E-state index in [1.807, 2.05) is 0 Å². The van der Waals surface area contributed by atoms with E-state index in [2.05, 4.69) is 10.2 Å². The van der Waals surface area contributed by atoms with E-state index < -0.39 is 11.7 Å². The Morgan fingerprint density at radius 2 is 1.79 bits per heavy atom. The van der Waals surface area contributed by atoms with Crippen LogP contribution in [0.5, 0.6) is 0 Å². The van der Waals surface area contributed by atoms with E-state index in [0.717, 1.165) is 37.3 Å². The van der Waals surface area contributed by atoms with Crippen molar-refractivity contribution in [2.45, 2.75) is 19.1 Å². The molecule has 0 bridgehead atoms. The maximum Gasteiger partial charge on any atom is 0.416 e. The molecule has 1 aliphatic heterocycles. The van der Waals surface area contributed by atoms with E-state index in [-0.39, 0.29) is 24.3 Å². The lowest BCUT2D eigenvalue weighted by Gasteiger charge is -2.21. The predicted molar refractivity (Wildman–Crippen MR) is 103 cm³/mol. The zero-order valence-electron chi connectivity index (χ0n) is 16.0. The van der Waals surface area contributed by atoms with E-state index in [0.29, 0.717) is 12.1 Å². The van der Waals surface area contributed by atoms with Gasteiger partial charge >= 0.3 is 12.2 Å². The van der Waals surface area contributed by atoms with Gasteiger partial charge < -0.3 is 15.1 Å². The van der Waals surface area contributed by atoms with Gasteiger partial charge in [0.25, 0.3) is 0 Å². The summed E-state index contributed by atoms with van der Waals surface area (Å²) in [6, 6.07) is 10.9. The molecule has 1 saturated heterocycles. The molecule has 1 fully saturated rings. The molecule has 0 radical (unpaired) electrons. The average molecular weight is 409 g/mol. The highest BCUT2D eigenvalue weighted by molar-refractivity contribution is 5.73. The van der Waals surface area contributed by atoms with Gasteiger partial charge in [0.2, 0.25) is 0 Å². The first kappa shape index (κ1) is 21.0. The first-order valence-corrected chi connectivity index (χ1v) is 9.38. The highest BCUT2D eigenvalue weighted by Gasteiger charge is 2.30. The highest BCUT2D eigenvalue weighted by Crippen LogP contribution is 2.29. The Kier molecular flexibility index (Phi) is 6.30. The molecule has 3 rings (SSSR count). The molecule has 156 valence electrons. The molecule has 2 amide bonds. The van der Waals surface area contributed by atoms with E-state index >= 15 is 0 Å². The number of nitrogens with zero attached hydrogens (tertiary/aromatic N) is 2. The molecular formula is C21H23F4N3O. The number of benzene rings is 2. The number of hydrogen-bond acceptors (Lipinski definition) is 2. The second-order valence-electron chi connectivity index (χ2n) is 7.31. The first-order chi connectivity index (χ1) is 13.7. The fourth-order valence-corrected chi connectivity index (χ4v) is 3.40. The summed E-state index contributed by atoms with van der Waals surface area (Å²) in [7, 11) is 1.60. The molecular weight excluding hydrogens is 386 g/mol. The summed E-state index contributed by atoms with van der Waals surface area (Å²) in [6.45, 7) is 2.34. The Morgan fingerprint density at radius 1 is 1.14 bits per heavy atom. The summed E-state index contributed by atoms with van der Waals surface area (Å²) in [5.74, 6) is 0.0105. The molecule has 8 heteroatoms. The minimum atomic E-state index is -4.37. The van der Waals surface area contributed by atoms with E-state index in [4.69, 9.17) is 0 Å². The second kappa shape index (κ2) is 8.71. The zero-order chi connectivity index (χ0) is 21.0. The minimum Gasteiger partial charge on any atom is -0.371 e. The molecule has 1 unspecified atom stereocenters. The Balaban J connectivity index is 1.45. The van der Waals surface area contributed by atoms with Crippen molar-refractivity contribution >= 4 is 11.7 Å². The molecule has 2 aromatic carbocycles.